The van der Waals surface area contributed by atoms with Gasteiger partial charge in [-0.05, 0) is 36.5 Å². The number of carbonyl (C=O) groups is 2. The SMILES string of the molecule is CC(=O)Nc1cccc(C(C)CC(=O)[O-])c1C. The predicted octanol–water partition coefficient (Wildman–Crippen LogP) is 1.20. The Bertz CT molecular complexity index is 440. The van der Waals surface area contributed by atoms with Crippen molar-refractivity contribution in [3.05, 3.63) is 29.3 Å². The van der Waals surface area contributed by atoms with E-state index in [0.717, 1.165) is 16.8 Å². The molecule has 0 aliphatic carbocycles. The third kappa shape index (κ3) is 3.59. The molecule has 0 saturated carbocycles. The van der Waals surface area contributed by atoms with Crippen molar-refractivity contribution >= 4 is 17.6 Å². The van der Waals surface area contributed by atoms with Crippen LogP contribution in [-0.4, -0.2) is 11.9 Å². The molecule has 1 amide bonds. The van der Waals surface area contributed by atoms with Gasteiger partial charge in [0.2, 0.25) is 5.91 Å². The van der Waals surface area contributed by atoms with Crippen LogP contribution in [0.3, 0.4) is 0 Å². The summed E-state index contributed by atoms with van der Waals surface area (Å²) < 4.78 is 0. The first-order chi connectivity index (χ1) is 7.91. The molecule has 1 unspecified atom stereocenters. The summed E-state index contributed by atoms with van der Waals surface area (Å²) in [5.41, 5.74) is 2.54. The molecule has 0 fully saturated rings. The molecule has 1 aromatic carbocycles. The highest BCUT2D eigenvalue weighted by Gasteiger charge is 2.11. The zero-order valence-electron chi connectivity index (χ0n) is 10.2. The molecule has 0 heterocycles. The second-order valence-corrected chi connectivity index (χ2v) is 4.18. The average Bonchev–Trinajstić information content (AvgIpc) is 2.19. The van der Waals surface area contributed by atoms with E-state index in [0.29, 0.717) is 0 Å². The number of aliphatic carboxylic acids is 1. The van der Waals surface area contributed by atoms with Gasteiger partial charge in [0.25, 0.3) is 0 Å². The van der Waals surface area contributed by atoms with Gasteiger partial charge in [-0.25, -0.2) is 0 Å². The van der Waals surface area contributed by atoms with E-state index in [1.54, 1.807) is 12.1 Å². The summed E-state index contributed by atoms with van der Waals surface area (Å²) in [6, 6.07) is 5.47. The Morgan fingerprint density at radius 1 is 1.41 bits per heavy atom. The molecule has 1 aromatic rings. The summed E-state index contributed by atoms with van der Waals surface area (Å²) >= 11 is 0. The number of carboxylic acid groups (broad SMARTS) is 1. The lowest BCUT2D eigenvalue weighted by Gasteiger charge is -2.17. The first-order valence-corrected chi connectivity index (χ1v) is 5.48. The number of anilines is 1. The van der Waals surface area contributed by atoms with Gasteiger partial charge >= 0.3 is 0 Å². The molecule has 1 atom stereocenters. The average molecular weight is 234 g/mol. The van der Waals surface area contributed by atoms with Crippen molar-refractivity contribution in [1.82, 2.24) is 0 Å². The molecule has 0 aromatic heterocycles. The number of nitrogens with one attached hydrogen (secondary N) is 1. The molecular weight excluding hydrogens is 218 g/mol. The Morgan fingerprint density at radius 3 is 2.59 bits per heavy atom. The van der Waals surface area contributed by atoms with E-state index in [-0.39, 0.29) is 18.2 Å². The summed E-state index contributed by atoms with van der Waals surface area (Å²) in [7, 11) is 0. The number of hydrogen-bond acceptors (Lipinski definition) is 3. The Balaban J connectivity index is 3.00. The summed E-state index contributed by atoms with van der Waals surface area (Å²) in [5.74, 6) is -1.34. The van der Waals surface area contributed by atoms with Crippen molar-refractivity contribution in [1.29, 1.82) is 0 Å². The van der Waals surface area contributed by atoms with Crippen LogP contribution in [0.15, 0.2) is 18.2 Å². The highest BCUT2D eigenvalue weighted by Crippen LogP contribution is 2.27. The Kier molecular flexibility index (Phi) is 4.26. The maximum atomic E-state index is 11.0. The van der Waals surface area contributed by atoms with E-state index < -0.39 is 5.97 Å². The van der Waals surface area contributed by atoms with E-state index in [2.05, 4.69) is 5.32 Å². The van der Waals surface area contributed by atoms with Crippen LogP contribution in [0.4, 0.5) is 5.69 Å². The van der Waals surface area contributed by atoms with Crippen molar-refractivity contribution in [2.75, 3.05) is 5.32 Å². The molecule has 0 radical (unpaired) electrons. The highest BCUT2D eigenvalue weighted by atomic mass is 16.4. The minimum absolute atomic E-state index is 0.0234. The largest absolute Gasteiger partial charge is 0.550 e. The molecule has 17 heavy (non-hydrogen) atoms. The smallest absolute Gasteiger partial charge is 0.221 e. The topological polar surface area (TPSA) is 69.2 Å². The van der Waals surface area contributed by atoms with Crippen molar-refractivity contribution in [2.24, 2.45) is 0 Å². The maximum Gasteiger partial charge on any atom is 0.221 e. The zero-order chi connectivity index (χ0) is 13.0. The van der Waals surface area contributed by atoms with Gasteiger partial charge in [0.15, 0.2) is 0 Å². The Morgan fingerprint density at radius 2 is 2.06 bits per heavy atom. The Labute approximate surface area is 101 Å². The van der Waals surface area contributed by atoms with Gasteiger partial charge in [-0.3, -0.25) is 4.79 Å². The molecular formula is C13H16NO3-. The molecule has 0 aliphatic heterocycles. The van der Waals surface area contributed by atoms with Crippen LogP contribution >= 0.6 is 0 Å². The van der Waals surface area contributed by atoms with Crippen LogP contribution in [-0.2, 0) is 9.59 Å². The van der Waals surface area contributed by atoms with E-state index in [9.17, 15) is 14.7 Å². The van der Waals surface area contributed by atoms with Crippen LogP contribution in [0.1, 0.15) is 37.3 Å². The number of hydrogen-bond donors (Lipinski definition) is 1. The number of amides is 1. The van der Waals surface area contributed by atoms with E-state index >= 15 is 0 Å². The molecule has 4 heteroatoms. The van der Waals surface area contributed by atoms with Gasteiger partial charge in [-0.2, -0.15) is 0 Å². The van der Waals surface area contributed by atoms with E-state index in [1.807, 2.05) is 19.9 Å². The number of rotatable bonds is 4. The molecule has 0 saturated heterocycles. The second-order valence-electron chi connectivity index (χ2n) is 4.18. The summed E-state index contributed by atoms with van der Waals surface area (Å²) in [6.07, 6.45) is -0.0234. The lowest BCUT2D eigenvalue weighted by Crippen LogP contribution is -2.24. The molecule has 0 aliphatic rings. The number of carbonyl (C=O) groups excluding carboxylic acids is 2. The summed E-state index contributed by atoms with van der Waals surface area (Å²) in [5, 5.41) is 13.3. The predicted molar refractivity (Wildman–Crippen MR) is 63.5 cm³/mol. The zero-order valence-corrected chi connectivity index (χ0v) is 10.2. The minimum atomic E-state index is -1.07. The maximum absolute atomic E-state index is 11.0. The number of carboxylic acids is 1. The van der Waals surface area contributed by atoms with Crippen molar-refractivity contribution in [3.63, 3.8) is 0 Å². The molecule has 0 spiro atoms. The van der Waals surface area contributed by atoms with Crippen LogP contribution < -0.4 is 10.4 Å². The van der Waals surface area contributed by atoms with Gasteiger partial charge < -0.3 is 15.2 Å². The lowest BCUT2D eigenvalue weighted by atomic mass is 9.93. The summed E-state index contributed by atoms with van der Waals surface area (Å²) in [6.45, 7) is 5.14. The number of benzene rings is 1. The van der Waals surface area contributed by atoms with Gasteiger partial charge in [-0.1, -0.05) is 19.1 Å². The minimum Gasteiger partial charge on any atom is -0.550 e. The van der Waals surface area contributed by atoms with Crippen LogP contribution in [0.5, 0.6) is 0 Å². The normalized spacial score (nSPS) is 11.9. The lowest BCUT2D eigenvalue weighted by molar-refractivity contribution is -0.306. The van der Waals surface area contributed by atoms with E-state index in [4.69, 9.17) is 0 Å². The molecule has 1 N–H and O–H groups in total. The third-order valence-corrected chi connectivity index (χ3v) is 2.69. The first kappa shape index (κ1) is 13.2. The third-order valence-electron chi connectivity index (χ3n) is 2.69. The van der Waals surface area contributed by atoms with Gasteiger partial charge in [-0.15, -0.1) is 0 Å². The standard InChI is InChI=1S/C13H17NO3/c1-8(7-13(16)17)11-5-4-6-12(9(11)2)14-10(3)15/h4-6,8H,7H2,1-3H3,(H,14,15)(H,16,17)/p-1. The molecule has 0 bridgehead atoms. The molecule has 92 valence electrons. The van der Waals surface area contributed by atoms with Crippen molar-refractivity contribution < 1.29 is 14.7 Å². The highest BCUT2D eigenvalue weighted by molar-refractivity contribution is 5.89. The van der Waals surface area contributed by atoms with E-state index in [1.165, 1.54) is 6.92 Å². The fourth-order valence-corrected chi connectivity index (χ4v) is 1.87. The fourth-order valence-electron chi connectivity index (χ4n) is 1.87. The Hall–Kier alpha value is -1.84. The van der Waals surface area contributed by atoms with Crippen LogP contribution in [0.2, 0.25) is 0 Å². The van der Waals surface area contributed by atoms with Crippen LogP contribution in [0.25, 0.3) is 0 Å². The van der Waals surface area contributed by atoms with Gasteiger partial charge in [0.05, 0.1) is 0 Å². The van der Waals surface area contributed by atoms with Crippen molar-refractivity contribution in [2.45, 2.75) is 33.1 Å². The fraction of sp³-hybridized carbons (Fsp3) is 0.385. The van der Waals surface area contributed by atoms with Crippen LogP contribution in [0, 0.1) is 6.92 Å². The summed E-state index contributed by atoms with van der Waals surface area (Å²) in [4.78, 5) is 21.6. The van der Waals surface area contributed by atoms with Gasteiger partial charge in [0, 0.05) is 18.6 Å². The molecule has 1 rings (SSSR count). The van der Waals surface area contributed by atoms with Crippen molar-refractivity contribution in [3.8, 4) is 0 Å². The quantitative estimate of drug-likeness (QED) is 0.851. The van der Waals surface area contributed by atoms with Gasteiger partial charge in [0.1, 0.15) is 0 Å². The second kappa shape index (κ2) is 5.48. The monoisotopic (exact) mass is 234 g/mol. The first-order valence-electron chi connectivity index (χ1n) is 5.48. The molecule has 4 nitrogen and oxygen atoms in total.